The maximum atomic E-state index is 12.2. The number of hydrogen-bond donors (Lipinski definition) is 2. The Morgan fingerprint density at radius 3 is 2.75 bits per heavy atom. The van der Waals surface area contributed by atoms with Gasteiger partial charge in [-0.25, -0.2) is 0 Å². The van der Waals surface area contributed by atoms with Gasteiger partial charge >= 0.3 is 5.97 Å². The van der Waals surface area contributed by atoms with Crippen LogP contribution in [-0.4, -0.2) is 55.2 Å². The maximum Gasteiger partial charge on any atom is 0.311 e. The zero-order valence-electron chi connectivity index (χ0n) is 14.2. The van der Waals surface area contributed by atoms with Crippen molar-refractivity contribution < 1.29 is 19.4 Å². The third kappa shape index (κ3) is 5.04. The summed E-state index contributed by atoms with van der Waals surface area (Å²) in [7, 11) is 1.58. The van der Waals surface area contributed by atoms with Gasteiger partial charge in [0.05, 0.1) is 12.0 Å². The maximum absolute atomic E-state index is 12.2. The first-order valence-electron chi connectivity index (χ1n) is 8.31. The van der Waals surface area contributed by atoms with E-state index in [9.17, 15) is 14.7 Å². The molecule has 1 aromatic rings. The zero-order valence-corrected chi connectivity index (χ0v) is 14.2. The highest BCUT2D eigenvalue weighted by atomic mass is 16.5. The number of piperidine rings is 1. The van der Waals surface area contributed by atoms with Crippen LogP contribution in [0.4, 0.5) is 0 Å². The summed E-state index contributed by atoms with van der Waals surface area (Å²) in [6.07, 6.45) is 1.89. The molecule has 2 N–H and O–H groups in total. The van der Waals surface area contributed by atoms with Gasteiger partial charge in [-0.1, -0.05) is 30.3 Å². The van der Waals surface area contributed by atoms with E-state index in [2.05, 4.69) is 5.32 Å². The molecular formula is C18H26N2O4. The van der Waals surface area contributed by atoms with Gasteiger partial charge in [0, 0.05) is 26.8 Å². The molecule has 0 saturated carbocycles. The highest BCUT2D eigenvalue weighted by Gasteiger charge is 2.42. The molecule has 132 valence electrons. The molecule has 1 amide bonds. The van der Waals surface area contributed by atoms with Crippen molar-refractivity contribution in [3.8, 4) is 0 Å². The number of carboxylic acid groups (broad SMARTS) is 1. The van der Waals surface area contributed by atoms with Crippen LogP contribution in [0.3, 0.4) is 0 Å². The summed E-state index contributed by atoms with van der Waals surface area (Å²) in [5, 5.41) is 12.5. The van der Waals surface area contributed by atoms with Crippen molar-refractivity contribution in [2.75, 3.05) is 33.4 Å². The number of hydrogen-bond acceptors (Lipinski definition) is 4. The van der Waals surface area contributed by atoms with Gasteiger partial charge in [0.15, 0.2) is 0 Å². The number of carbonyl (C=O) groups excluding carboxylic acids is 1. The third-order valence-electron chi connectivity index (χ3n) is 4.59. The first-order chi connectivity index (χ1) is 11.6. The molecule has 1 aromatic carbocycles. The number of likely N-dealkylation sites (tertiary alicyclic amines) is 1. The van der Waals surface area contributed by atoms with Gasteiger partial charge < -0.3 is 15.2 Å². The Hall–Kier alpha value is -1.92. The lowest BCUT2D eigenvalue weighted by atomic mass is 9.77. The summed E-state index contributed by atoms with van der Waals surface area (Å²) in [6.45, 7) is 2.28. The van der Waals surface area contributed by atoms with E-state index in [0.29, 0.717) is 32.5 Å². The number of carboxylic acids is 1. The van der Waals surface area contributed by atoms with Crippen LogP contribution in [0.1, 0.15) is 24.8 Å². The third-order valence-corrected chi connectivity index (χ3v) is 4.59. The van der Waals surface area contributed by atoms with Crippen molar-refractivity contribution >= 4 is 11.9 Å². The van der Waals surface area contributed by atoms with Crippen LogP contribution in [0.5, 0.6) is 0 Å². The van der Waals surface area contributed by atoms with Gasteiger partial charge in [-0.3, -0.25) is 14.5 Å². The summed E-state index contributed by atoms with van der Waals surface area (Å²) in [6, 6.07) is 9.72. The molecule has 0 aromatic heterocycles. The van der Waals surface area contributed by atoms with E-state index >= 15 is 0 Å². The Labute approximate surface area is 142 Å². The second kappa shape index (κ2) is 8.80. The Balaban J connectivity index is 1.87. The van der Waals surface area contributed by atoms with Crippen LogP contribution in [0.2, 0.25) is 0 Å². The molecule has 24 heavy (non-hydrogen) atoms. The first-order valence-corrected chi connectivity index (χ1v) is 8.31. The molecule has 6 heteroatoms. The quantitative estimate of drug-likeness (QED) is 0.753. The number of methoxy groups -OCH3 is 1. The number of benzene rings is 1. The van der Waals surface area contributed by atoms with Crippen LogP contribution in [0.15, 0.2) is 30.3 Å². The number of ether oxygens (including phenoxy) is 1. The van der Waals surface area contributed by atoms with Crippen molar-refractivity contribution in [2.45, 2.75) is 25.8 Å². The van der Waals surface area contributed by atoms with Crippen molar-refractivity contribution in [1.29, 1.82) is 0 Å². The van der Waals surface area contributed by atoms with E-state index in [-0.39, 0.29) is 12.5 Å². The fraction of sp³-hybridized carbons (Fsp3) is 0.556. The lowest BCUT2D eigenvalue weighted by Gasteiger charge is -2.39. The van der Waals surface area contributed by atoms with Crippen LogP contribution >= 0.6 is 0 Å². The Bertz CT molecular complexity index is 549. The van der Waals surface area contributed by atoms with E-state index in [1.807, 2.05) is 35.2 Å². The number of aliphatic carboxylic acids is 1. The molecular weight excluding hydrogens is 308 g/mol. The monoisotopic (exact) mass is 334 g/mol. The molecule has 0 unspecified atom stereocenters. The van der Waals surface area contributed by atoms with Crippen LogP contribution in [0.25, 0.3) is 0 Å². The largest absolute Gasteiger partial charge is 0.481 e. The second-order valence-corrected chi connectivity index (χ2v) is 6.40. The van der Waals surface area contributed by atoms with Gasteiger partial charge in [-0.15, -0.1) is 0 Å². The van der Waals surface area contributed by atoms with Crippen molar-refractivity contribution in [1.82, 2.24) is 10.2 Å². The lowest BCUT2D eigenvalue weighted by Crippen LogP contribution is -2.50. The number of nitrogens with zero attached hydrogens (tertiary/aromatic N) is 1. The average Bonchev–Trinajstić information content (AvgIpc) is 2.59. The molecule has 6 nitrogen and oxygen atoms in total. The second-order valence-electron chi connectivity index (χ2n) is 6.40. The van der Waals surface area contributed by atoms with Crippen LogP contribution < -0.4 is 5.32 Å². The van der Waals surface area contributed by atoms with Gasteiger partial charge in [-0.05, 0) is 31.4 Å². The van der Waals surface area contributed by atoms with Crippen molar-refractivity contribution in [3.05, 3.63) is 35.9 Å². The predicted octanol–water partition coefficient (Wildman–Crippen LogP) is 1.51. The summed E-state index contributed by atoms with van der Waals surface area (Å²) in [4.78, 5) is 25.8. The summed E-state index contributed by atoms with van der Waals surface area (Å²) >= 11 is 0. The molecule has 2 rings (SSSR count). The Kier molecular flexibility index (Phi) is 6.75. The molecule has 1 atom stereocenters. The average molecular weight is 334 g/mol. The fourth-order valence-electron chi connectivity index (χ4n) is 3.20. The van der Waals surface area contributed by atoms with Crippen LogP contribution in [-0.2, 0) is 20.9 Å². The minimum absolute atomic E-state index is 0.0771. The van der Waals surface area contributed by atoms with E-state index in [1.54, 1.807) is 7.11 Å². The normalized spacial score (nSPS) is 21.4. The standard InChI is InChI=1S/C18H26N2O4/c1-24-11-9-18(17(22)23)8-5-10-20(14-18)13-16(21)19-12-15-6-3-2-4-7-15/h2-4,6-7H,5,8-14H2,1H3,(H,19,21)(H,22,23)/t18-/m1/s1. The number of amides is 1. The Morgan fingerprint density at radius 1 is 1.33 bits per heavy atom. The fourth-order valence-corrected chi connectivity index (χ4v) is 3.20. The minimum Gasteiger partial charge on any atom is -0.481 e. The molecule has 0 bridgehead atoms. The topological polar surface area (TPSA) is 78.9 Å². The van der Waals surface area contributed by atoms with Gasteiger partial charge in [0.1, 0.15) is 0 Å². The molecule has 1 fully saturated rings. The molecule has 0 spiro atoms. The molecule has 0 aliphatic carbocycles. The molecule has 1 heterocycles. The number of nitrogens with one attached hydrogen (secondary N) is 1. The lowest BCUT2D eigenvalue weighted by molar-refractivity contribution is -0.154. The number of carbonyl (C=O) groups is 2. The van der Waals surface area contributed by atoms with Crippen molar-refractivity contribution in [2.24, 2.45) is 5.41 Å². The highest BCUT2D eigenvalue weighted by molar-refractivity contribution is 5.78. The molecule has 1 aliphatic rings. The molecule has 1 saturated heterocycles. The van der Waals surface area contributed by atoms with Gasteiger partial charge in [-0.2, -0.15) is 0 Å². The predicted molar refractivity (Wildman–Crippen MR) is 90.5 cm³/mol. The summed E-state index contributed by atoms with van der Waals surface area (Å²) < 4.78 is 5.06. The van der Waals surface area contributed by atoms with Crippen LogP contribution in [0, 0.1) is 5.41 Å². The Morgan fingerprint density at radius 2 is 2.08 bits per heavy atom. The molecule has 0 radical (unpaired) electrons. The zero-order chi connectivity index (χ0) is 17.4. The highest BCUT2D eigenvalue weighted by Crippen LogP contribution is 2.33. The van der Waals surface area contributed by atoms with Gasteiger partial charge in [0.25, 0.3) is 0 Å². The number of rotatable bonds is 8. The summed E-state index contributed by atoms with van der Waals surface area (Å²) in [5.74, 6) is -0.874. The first kappa shape index (κ1) is 18.4. The van der Waals surface area contributed by atoms with E-state index in [4.69, 9.17) is 4.74 Å². The smallest absolute Gasteiger partial charge is 0.311 e. The van der Waals surface area contributed by atoms with E-state index in [1.165, 1.54) is 0 Å². The van der Waals surface area contributed by atoms with E-state index in [0.717, 1.165) is 18.5 Å². The van der Waals surface area contributed by atoms with Crippen molar-refractivity contribution in [3.63, 3.8) is 0 Å². The van der Waals surface area contributed by atoms with Gasteiger partial charge in [0.2, 0.25) is 5.91 Å². The SMILES string of the molecule is COCC[C@]1(C(=O)O)CCCN(CC(=O)NCc2ccccc2)C1. The molecule has 1 aliphatic heterocycles. The summed E-state index contributed by atoms with van der Waals surface area (Å²) in [5.41, 5.74) is 0.234. The van der Waals surface area contributed by atoms with E-state index < -0.39 is 11.4 Å². The minimum atomic E-state index is -0.812.